The van der Waals surface area contributed by atoms with Crippen molar-refractivity contribution in [1.29, 1.82) is 0 Å². The number of carbonyl (C=O) groups is 2. The van der Waals surface area contributed by atoms with E-state index in [9.17, 15) is 23.9 Å². The summed E-state index contributed by atoms with van der Waals surface area (Å²) in [5.41, 5.74) is 0.877. The molecule has 1 aromatic carbocycles. The number of aromatic nitrogens is 3. The van der Waals surface area contributed by atoms with Crippen LogP contribution in [-0.2, 0) is 22.5 Å². The first-order chi connectivity index (χ1) is 18.4. The van der Waals surface area contributed by atoms with Crippen molar-refractivity contribution in [2.45, 2.75) is 56.5 Å². The monoisotopic (exact) mass is 523 g/mol. The molecule has 1 saturated carbocycles. The Balaban J connectivity index is 1.08. The molecule has 38 heavy (non-hydrogen) atoms. The number of hydrogen-bond acceptors (Lipinski definition) is 9. The van der Waals surface area contributed by atoms with E-state index in [1.54, 1.807) is 17.0 Å². The minimum atomic E-state index is -0.911. The number of anilines is 1. The summed E-state index contributed by atoms with van der Waals surface area (Å²) in [5.74, 6) is 0.437. The number of fused-ring (bicyclic) bond motifs is 3. The molecule has 3 aliphatic rings. The zero-order chi connectivity index (χ0) is 26.4. The second-order valence-corrected chi connectivity index (χ2v) is 9.89. The third-order valence-corrected chi connectivity index (χ3v) is 7.30. The molecule has 2 N–H and O–H groups in total. The van der Waals surface area contributed by atoms with Crippen molar-refractivity contribution in [3.63, 3.8) is 0 Å². The van der Waals surface area contributed by atoms with E-state index in [1.807, 2.05) is 0 Å². The molecular formula is C26H26FN5O6. The van der Waals surface area contributed by atoms with Crippen LogP contribution in [0.4, 0.5) is 15.0 Å². The van der Waals surface area contributed by atoms with E-state index in [0.29, 0.717) is 41.1 Å². The van der Waals surface area contributed by atoms with Gasteiger partial charge in [0, 0.05) is 19.0 Å². The lowest BCUT2D eigenvalue weighted by Gasteiger charge is -2.33. The SMILES string of the molecule is O=C1COc2ccc(N3C(=O)O[C@H]4C[C@@H](NC[C@@H](O)Cn5c(=O)cnc6ccc(F)cc65)CC[C@@H]43)nc2C1. The normalized spacial score (nSPS) is 23.5. The number of amides is 1. The van der Waals surface area contributed by atoms with Gasteiger partial charge in [0.2, 0.25) is 0 Å². The number of aliphatic hydroxyl groups is 1. The molecule has 2 fully saturated rings. The van der Waals surface area contributed by atoms with Gasteiger partial charge in [0.1, 0.15) is 30.1 Å². The van der Waals surface area contributed by atoms with Gasteiger partial charge < -0.3 is 24.5 Å². The summed E-state index contributed by atoms with van der Waals surface area (Å²) in [5, 5.41) is 14.0. The van der Waals surface area contributed by atoms with Gasteiger partial charge in [-0.1, -0.05) is 0 Å². The Kier molecular flexibility index (Phi) is 6.28. The van der Waals surface area contributed by atoms with Gasteiger partial charge in [0.15, 0.2) is 5.78 Å². The van der Waals surface area contributed by atoms with Crippen molar-refractivity contribution in [2.24, 2.45) is 0 Å². The molecule has 1 saturated heterocycles. The van der Waals surface area contributed by atoms with Crippen molar-refractivity contribution in [1.82, 2.24) is 19.9 Å². The zero-order valence-corrected chi connectivity index (χ0v) is 20.4. The topological polar surface area (TPSA) is 136 Å². The van der Waals surface area contributed by atoms with Gasteiger partial charge in [-0.25, -0.2) is 19.2 Å². The molecule has 12 heteroatoms. The van der Waals surface area contributed by atoms with E-state index >= 15 is 0 Å². The molecule has 0 unspecified atom stereocenters. The number of hydrogen-bond donors (Lipinski definition) is 2. The van der Waals surface area contributed by atoms with Crippen LogP contribution in [0.15, 0.2) is 41.3 Å². The summed E-state index contributed by atoms with van der Waals surface area (Å²) in [6.45, 7) is 0.208. The fourth-order valence-electron chi connectivity index (χ4n) is 5.47. The van der Waals surface area contributed by atoms with Crippen molar-refractivity contribution >= 4 is 28.7 Å². The standard InChI is InChI=1S/C26H26FN5O6/c27-14-1-3-18-21(7-14)31(25(35)11-29-18)12-17(34)10-28-15-2-4-20-23(8-15)38-26(36)32(20)24-6-5-22-19(30-24)9-16(33)13-37-22/h1,3,5-7,11,15,17,20,23,28,34H,2,4,8-10,12-13H2/t15-,17+,20-,23-/m0/s1. The fourth-order valence-corrected chi connectivity index (χ4v) is 5.47. The Bertz CT molecular complexity index is 1480. The number of ether oxygens (including phenoxy) is 2. The number of aliphatic hydroxyl groups excluding tert-OH is 1. The van der Waals surface area contributed by atoms with Gasteiger partial charge in [0.25, 0.3) is 5.56 Å². The van der Waals surface area contributed by atoms with Gasteiger partial charge in [-0.05, 0) is 43.2 Å². The first-order valence-electron chi connectivity index (χ1n) is 12.6. The van der Waals surface area contributed by atoms with Gasteiger partial charge in [-0.2, -0.15) is 0 Å². The number of pyridine rings is 1. The minimum Gasteiger partial charge on any atom is -0.484 e. The van der Waals surface area contributed by atoms with E-state index in [4.69, 9.17) is 9.47 Å². The van der Waals surface area contributed by atoms with Crippen LogP contribution in [0.3, 0.4) is 0 Å². The van der Waals surface area contributed by atoms with E-state index in [2.05, 4.69) is 15.3 Å². The van der Waals surface area contributed by atoms with Crippen molar-refractivity contribution in [3.8, 4) is 5.75 Å². The number of rotatable bonds is 6. The quantitative estimate of drug-likeness (QED) is 0.490. The van der Waals surface area contributed by atoms with Crippen LogP contribution < -0.4 is 20.5 Å². The number of nitrogens with zero attached hydrogens (tertiary/aromatic N) is 4. The Morgan fingerprint density at radius 1 is 1.18 bits per heavy atom. The minimum absolute atomic E-state index is 0.00971. The molecule has 0 spiro atoms. The summed E-state index contributed by atoms with van der Waals surface area (Å²) in [4.78, 5) is 47.0. The molecule has 4 atom stereocenters. The number of nitrogens with one attached hydrogen (secondary N) is 1. The van der Waals surface area contributed by atoms with Crippen LogP contribution >= 0.6 is 0 Å². The maximum atomic E-state index is 13.8. The van der Waals surface area contributed by atoms with E-state index in [1.165, 1.54) is 22.8 Å². The molecule has 6 rings (SSSR count). The number of ketones is 1. The summed E-state index contributed by atoms with van der Waals surface area (Å²) < 4.78 is 26.1. The average Bonchev–Trinajstić information content (AvgIpc) is 3.23. The summed E-state index contributed by atoms with van der Waals surface area (Å²) >= 11 is 0. The second kappa shape index (κ2) is 9.76. The Morgan fingerprint density at radius 3 is 2.92 bits per heavy atom. The molecule has 2 aromatic heterocycles. The lowest BCUT2D eigenvalue weighted by atomic mass is 9.88. The molecule has 198 valence electrons. The smallest absolute Gasteiger partial charge is 0.416 e. The maximum Gasteiger partial charge on any atom is 0.416 e. The van der Waals surface area contributed by atoms with Crippen LogP contribution in [0.5, 0.6) is 5.75 Å². The second-order valence-electron chi connectivity index (χ2n) is 9.89. The van der Waals surface area contributed by atoms with Crippen LogP contribution in [0.2, 0.25) is 0 Å². The number of Topliss-reactive ketones (excluding diaryl/α,β-unsaturated/α-hetero) is 1. The molecule has 2 aliphatic heterocycles. The maximum absolute atomic E-state index is 13.8. The Morgan fingerprint density at radius 2 is 2.05 bits per heavy atom. The first kappa shape index (κ1) is 24.4. The van der Waals surface area contributed by atoms with Crippen LogP contribution in [-0.4, -0.2) is 69.0 Å². The van der Waals surface area contributed by atoms with Crippen LogP contribution in [0, 0.1) is 5.82 Å². The highest BCUT2D eigenvalue weighted by molar-refractivity contribution is 5.90. The average molecular weight is 524 g/mol. The molecule has 3 aromatic rings. The number of benzene rings is 1. The molecule has 0 radical (unpaired) electrons. The molecule has 11 nitrogen and oxygen atoms in total. The Hall–Kier alpha value is -3.90. The Labute approximate surface area is 216 Å². The molecule has 1 amide bonds. The summed E-state index contributed by atoms with van der Waals surface area (Å²) in [6.07, 6.45) is 1.53. The van der Waals surface area contributed by atoms with Crippen LogP contribution in [0.1, 0.15) is 25.0 Å². The number of carbonyl (C=O) groups excluding carboxylic acids is 2. The summed E-state index contributed by atoms with van der Waals surface area (Å²) in [7, 11) is 0. The van der Waals surface area contributed by atoms with Gasteiger partial charge in [-0.3, -0.25) is 14.5 Å². The fraction of sp³-hybridized carbons (Fsp3) is 0.423. The number of halogens is 1. The van der Waals surface area contributed by atoms with Gasteiger partial charge in [0.05, 0.1) is 48.0 Å². The molecular weight excluding hydrogens is 497 g/mol. The zero-order valence-electron chi connectivity index (χ0n) is 20.4. The molecule has 4 heterocycles. The predicted molar refractivity (Wildman–Crippen MR) is 133 cm³/mol. The van der Waals surface area contributed by atoms with E-state index < -0.39 is 23.6 Å². The highest BCUT2D eigenvalue weighted by Crippen LogP contribution is 2.36. The first-order valence-corrected chi connectivity index (χ1v) is 12.6. The third-order valence-electron chi connectivity index (χ3n) is 7.30. The van der Waals surface area contributed by atoms with Gasteiger partial charge >= 0.3 is 6.09 Å². The predicted octanol–water partition coefficient (Wildman–Crippen LogP) is 1.33. The lowest BCUT2D eigenvalue weighted by Crippen LogP contribution is -2.47. The highest BCUT2D eigenvalue weighted by Gasteiger charge is 2.46. The van der Waals surface area contributed by atoms with E-state index in [0.717, 1.165) is 12.6 Å². The lowest BCUT2D eigenvalue weighted by molar-refractivity contribution is -0.121. The third kappa shape index (κ3) is 4.61. The molecule has 1 aliphatic carbocycles. The molecule has 0 bridgehead atoms. The van der Waals surface area contributed by atoms with Crippen molar-refractivity contribution in [2.75, 3.05) is 18.1 Å². The van der Waals surface area contributed by atoms with Gasteiger partial charge in [-0.15, -0.1) is 0 Å². The highest BCUT2D eigenvalue weighted by atomic mass is 19.1. The van der Waals surface area contributed by atoms with Crippen LogP contribution in [0.25, 0.3) is 11.0 Å². The van der Waals surface area contributed by atoms with E-state index in [-0.39, 0.29) is 50.1 Å². The van der Waals surface area contributed by atoms with Crippen molar-refractivity contribution < 1.29 is 28.6 Å². The largest absolute Gasteiger partial charge is 0.484 e. The van der Waals surface area contributed by atoms with Crippen molar-refractivity contribution in [3.05, 3.63) is 58.4 Å². The summed E-state index contributed by atoms with van der Waals surface area (Å²) in [6, 6.07) is 7.22.